The lowest BCUT2D eigenvalue weighted by Crippen LogP contribution is -1.98. The van der Waals surface area contributed by atoms with Gasteiger partial charge in [-0.1, -0.05) is 12.1 Å². The van der Waals surface area contributed by atoms with Crippen LogP contribution in [-0.4, -0.2) is 7.11 Å². The smallest absolute Gasteiger partial charge is 0.0913 e. The van der Waals surface area contributed by atoms with Crippen LogP contribution in [0.4, 0.5) is 0 Å². The molecule has 72 valence electrons. The first-order valence-corrected chi connectivity index (χ1v) is 5.43. The Bertz CT molecular complexity index is 228. The summed E-state index contributed by atoms with van der Waals surface area (Å²) in [6, 6.07) is 4.20. The van der Waals surface area contributed by atoms with Gasteiger partial charge in [0.1, 0.15) is 0 Å². The summed E-state index contributed by atoms with van der Waals surface area (Å²) in [6.07, 6.45) is 5.55. The van der Waals surface area contributed by atoms with Crippen molar-refractivity contribution in [3.63, 3.8) is 0 Å². The van der Waals surface area contributed by atoms with Crippen molar-refractivity contribution in [2.45, 2.75) is 25.4 Å². The average Bonchev–Trinajstić information content (AvgIpc) is 2.65. The van der Waals surface area contributed by atoms with Gasteiger partial charge in [-0.15, -0.1) is 17.9 Å². The Morgan fingerprint density at radius 3 is 3.08 bits per heavy atom. The quantitative estimate of drug-likeness (QED) is 0.497. The van der Waals surface area contributed by atoms with E-state index in [1.54, 1.807) is 18.4 Å². The van der Waals surface area contributed by atoms with Crippen molar-refractivity contribution in [2.24, 2.45) is 0 Å². The van der Waals surface area contributed by atoms with E-state index in [9.17, 15) is 0 Å². The lowest BCUT2D eigenvalue weighted by molar-refractivity contribution is 0.0969. The molecule has 0 aliphatic rings. The van der Waals surface area contributed by atoms with E-state index >= 15 is 0 Å². The first-order chi connectivity index (χ1) is 6.38. The Morgan fingerprint density at radius 2 is 2.54 bits per heavy atom. The van der Waals surface area contributed by atoms with Crippen molar-refractivity contribution >= 4 is 11.3 Å². The average molecular weight is 196 g/mol. The van der Waals surface area contributed by atoms with Gasteiger partial charge in [0.25, 0.3) is 0 Å². The molecule has 0 aliphatic carbocycles. The second-order valence-corrected chi connectivity index (χ2v) is 3.94. The molecule has 0 fully saturated rings. The van der Waals surface area contributed by atoms with Crippen LogP contribution in [-0.2, 0) is 4.74 Å². The molecule has 0 radical (unpaired) electrons. The van der Waals surface area contributed by atoms with Gasteiger partial charge >= 0.3 is 0 Å². The number of methoxy groups -OCH3 is 1. The zero-order chi connectivity index (χ0) is 9.52. The molecule has 13 heavy (non-hydrogen) atoms. The highest BCUT2D eigenvalue weighted by atomic mass is 32.1. The van der Waals surface area contributed by atoms with Crippen LogP contribution in [0.2, 0.25) is 0 Å². The minimum Gasteiger partial charge on any atom is -0.376 e. The highest BCUT2D eigenvalue weighted by molar-refractivity contribution is 7.10. The summed E-state index contributed by atoms with van der Waals surface area (Å²) in [5.41, 5.74) is 0. The SMILES string of the molecule is C=CCCC[C@@H](OC)c1cccs1. The molecular weight excluding hydrogens is 180 g/mol. The minimum atomic E-state index is 0.278. The first kappa shape index (κ1) is 10.5. The Kier molecular flexibility index (Phi) is 4.79. The van der Waals surface area contributed by atoms with E-state index in [0.29, 0.717) is 0 Å². The fourth-order valence-electron chi connectivity index (χ4n) is 1.30. The number of allylic oxidation sites excluding steroid dienone is 1. The minimum absolute atomic E-state index is 0.278. The third-order valence-corrected chi connectivity index (χ3v) is 2.98. The van der Waals surface area contributed by atoms with Gasteiger partial charge in [-0.05, 0) is 30.7 Å². The summed E-state index contributed by atoms with van der Waals surface area (Å²) in [5.74, 6) is 0. The zero-order valence-corrected chi connectivity index (χ0v) is 8.85. The summed E-state index contributed by atoms with van der Waals surface area (Å²) < 4.78 is 5.42. The molecule has 1 aromatic heterocycles. The lowest BCUT2D eigenvalue weighted by atomic mass is 10.1. The molecule has 0 spiro atoms. The third kappa shape index (κ3) is 3.33. The molecule has 0 aliphatic heterocycles. The van der Waals surface area contributed by atoms with Gasteiger partial charge in [0.05, 0.1) is 6.10 Å². The van der Waals surface area contributed by atoms with Crippen molar-refractivity contribution in [3.05, 3.63) is 35.0 Å². The summed E-state index contributed by atoms with van der Waals surface area (Å²) in [7, 11) is 1.78. The number of rotatable bonds is 6. The maximum atomic E-state index is 5.42. The van der Waals surface area contributed by atoms with Crippen LogP contribution in [0.15, 0.2) is 30.2 Å². The molecule has 1 heterocycles. The van der Waals surface area contributed by atoms with E-state index in [0.717, 1.165) is 19.3 Å². The molecule has 0 N–H and O–H groups in total. The molecule has 1 nitrogen and oxygen atoms in total. The van der Waals surface area contributed by atoms with Gasteiger partial charge < -0.3 is 4.74 Å². The van der Waals surface area contributed by atoms with Crippen LogP contribution in [0.3, 0.4) is 0 Å². The normalized spacial score (nSPS) is 12.7. The van der Waals surface area contributed by atoms with Crippen LogP contribution in [0, 0.1) is 0 Å². The standard InChI is InChI=1S/C11H16OS/c1-3-4-5-7-10(12-2)11-8-6-9-13-11/h3,6,8-10H,1,4-5,7H2,2H3/t10-/m1/s1. The monoisotopic (exact) mass is 196 g/mol. The second-order valence-electron chi connectivity index (χ2n) is 2.96. The maximum absolute atomic E-state index is 5.42. The molecule has 2 heteroatoms. The van der Waals surface area contributed by atoms with Gasteiger partial charge in [0.15, 0.2) is 0 Å². The van der Waals surface area contributed by atoms with E-state index in [-0.39, 0.29) is 6.10 Å². The molecule has 1 atom stereocenters. The molecule has 0 aromatic carbocycles. The van der Waals surface area contributed by atoms with E-state index in [1.807, 2.05) is 6.08 Å². The van der Waals surface area contributed by atoms with Crippen molar-refractivity contribution in [2.75, 3.05) is 7.11 Å². The summed E-state index contributed by atoms with van der Waals surface area (Å²) in [5, 5.41) is 2.09. The molecule has 0 saturated heterocycles. The molecule has 1 rings (SSSR count). The van der Waals surface area contributed by atoms with Crippen molar-refractivity contribution in [1.29, 1.82) is 0 Å². The predicted octanol–water partition coefficient (Wildman–Crippen LogP) is 3.79. The van der Waals surface area contributed by atoms with Crippen LogP contribution < -0.4 is 0 Å². The zero-order valence-electron chi connectivity index (χ0n) is 8.03. The summed E-state index contributed by atoms with van der Waals surface area (Å²) in [4.78, 5) is 1.33. The predicted molar refractivity (Wildman–Crippen MR) is 58.1 cm³/mol. The fourth-order valence-corrected chi connectivity index (χ4v) is 2.14. The molecule has 1 aromatic rings. The van der Waals surface area contributed by atoms with Crippen molar-refractivity contribution < 1.29 is 4.74 Å². The van der Waals surface area contributed by atoms with Crippen LogP contribution in [0.5, 0.6) is 0 Å². The fraction of sp³-hybridized carbons (Fsp3) is 0.455. The Balaban J connectivity index is 2.39. The van der Waals surface area contributed by atoms with Gasteiger partial charge in [-0.3, -0.25) is 0 Å². The van der Waals surface area contributed by atoms with Gasteiger partial charge in [0, 0.05) is 12.0 Å². The number of hydrogen-bond acceptors (Lipinski definition) is 2. The Labute approximate surface area is 84.1 Å². The van der Waals surface area contributed by atoms with Crippen molar-refractivity contribution in [1.82, 2.24) is 0 Å². The maximum Gasteiger partial charge on any atom is 0.0913 e. The molecular formula is C11H16OS. The van der Waals surface area contributed by atoms with Crippen LogP contribution in [0.1, 0.15) is 30.2 Å². The van der Waals surface area contributed by atoms with E-state index < -0.39 is 0 Å². The van der Waals surface area contributed by atoms with Gasteiger partial charge in [-0.25, -0.2) is 0 Å². The number of thiophene rings is 1. The third-order valence-electron chi connectivity index (χ3n) is 2.02. The van der Waals surface area contributed by atoms with E-state index in [2.05, 4.69) is 24.1 Å². The topological polar surface area (TPSA) is 9.23 Å². The largest absolute Gasteiger partial charge is 0.376 e. The molecule has 0 bridgehead atoms. The van der Waals surface area contributed by atoms with E-state index in [4.69, 9.17) is 4.74 Å². The second kappa shape index (κ2) is 5.95. The summed E-state index contributed by atoms with van der Waals surface area (Å²) >= 11 is 1.76. The van der Waals surface area contributed by atoms with Crippen LogP contribution >= 0.6 is 11.3 Å². The highest BCUT2D eigenvalue weighted by Gasteiger charge is 2.09. The lowest BCUT2D eigenvalue weighted by Gasteiger charge is -2.12. The molecule has 0 amide bonds. The number of ether oxygens (including phenoxy) is 1. The van der Waals surface area contributed by atoms with Crippen molar-refractivity contribution in [3.8, 4) is 0 Å². The summed E-state index contributed by atoms with van der Waals surface area (Å²) in [6.45, 7) is 3.71. The number of unbranched alkanes of at least 4 members (excludes halogenated alkanes) is 1. The number of hydrogen-bond donors (Lipinski definition) is 0. The first-order valence-electron chi connectivity index (χ1n) is 4.55. The molecule has 0 saturated carbocycles. The van der Waals surface area contributed by atoms with E-state index in [1.165, 1.54) is 4.88 Å². The Morgan fingerprint density at radius 1 is 1.69 bits per heavy atom. The van der Waals surface area contributed by atoms with Gasteiger partial charge in [0.2, 0.25) is 0 Å². The molecule has 0 unspecified atom stereocenters. The van der Waals surface area contributed by atoms with Gasteiger partial charge in [-0.2, -0.15) is 0 Å². The highest BCUT2D eigenvalue weighted by Crippen LogP contribution is 2.26. The van der Waals surface area contributed by atoms with Crippen LogP contribution in [0.25, 0.3) is 0 Å². The Hall–Kier alpha value is -0.600.